The van der Waals surface area contributed by atoms with E-state index in [9.17, 15) is 4.79 Å². The van der Waals surface area contributed by atoms with E-state index in [1.165, 1.54) is 0 Å². The minimum Gasteiger partial charge on any atom is -0.493 e. The lowest BCUT2D eigenvalue weighted by atomic mass is 10.1. The van der Waals surface area contributed by atoms with E-state index in [-0.39, 0.29) is 5.91 Å². The third-order valence-corrected chi connectivity index (χ3v) is 3.29. The van der Waals surface area contributed by atoms with Crippen LogP contribution in [0.15, 0.2) is 42.5 Å². The molecule has 1 amide bonds. The molecule has 116 valence electrons. The first kappa shape index (κ1) is 15.7. The SMILES string of the molecule is COc1ccc(NC(=O)CCc2ccc(N)cc2)cc1OC. The maximum absolute atomic E-state index is 12.0. The van der Waals surface area contributed by atoms with Crippen molar-refractivity contribution < 1.29 is 14.3 Å². The number of nitrogens with two attached hydrogens (primary N) is 1. The Hall–Kier alpha value is -2.69. The Kier molecular flexibility index (Phi) is 5.25. The summed E-state index contributed by atoms with van der Waals surface area (Å²) in [6.07, 6.45) is 1.07. The molecule has 0 aromatic heterocycles. The minimum absolute atomic E-state index is 0.0518. The summed E-state index contributed by atoms with van der Waals surface area (Å²) in [5.74, 6) is 1.16. The summed E-state index contributed by atoms with van der Waals surface area (Å²) < 4.78 is 10.4. The summed E-state index contributed by atoms with van der Waals surface area (Å²) in [4.78, 5) is 12.0. The molecule has 0 unspecified atom stereocenters. The predicted molar refractivity (Wildman–Crippen MR) is 87.4 cm³/mol. The number of ether oxygens (including phenoxy) is 2. The van der Waals surface area contributed by atoms with Gasteiger partial charge in [-0.3, -0.25) is 4.79 Å². The van der Waals surface area contributed by atoms with Crippen molar-refractivity contribution in [2.24, 2.45) is 0 Å². The highest BCUT2D eigenvalue weighted by molar-refractivity contribution is 5.91. The average Bonchev–Trinajstić information content (AvgIpc) is 2.54. The lowest BCUT2D eigenvalue weighted by molar-refractivity contribution is -0.116. The van der Waals surface area contributed by atoms with Crippen LogP contribution in [0.2, 0.25) is 0 Å². The number of amides is 1. The molecule has 2 rings (SSSR count). The third kappa shape index (κ3) is 4.15. The van der Waals surface area contributed by atoms with Gasteiger partial charge in [-0.05, 0) is 36.2 Å². The van der Waals surface area contributed by atoms with Crippen LogP contribution in [0.3, 0.4) is 0 Å². The largest absolute Gasteiger partial charge is 0.493 e. The molecular weight excluding hydrogens is 280 g/mol. The molecule has 0 aliphatic carbocycles. The first-order valence-corrected chi connectivity index (χ1v) is 6.98. The molecule has 3 N–H and O–H groups in total. The summed E-state index contributed by atoms with van der Waals surface area (Å²) in [7, 11) is 3.13. The lowest BCUT2D eigenvalue weighted by Gasteiger charge is -2.10. The van der Waals surface area contributed by atoms with Crippen LogP contribution < -0.4 is 20.5 Å². The van der Waals surface area contributed by atoms with Crippen molar-refractivity contribution in [2.75, 3.05) is 25.3 Å². The van der Waals surface area contributed by atoms with E-state index in [0.29, 0.717) is 30.0 Å². The van der Waals surface area contributed by atoms with Crippen LogP contribution in [0.4, 0.5) is 11.4 Å². The number of hydrogen-bond donors (Lipinski definition) is 2. The van der Waals surface area contributed by atoms with Crippen LogP contribution in [0.5, 0.6) is 11.5 Å². The number of anilines is 2. The molecule has 2 aromatic carbocycles. The smallest absolute Gasteiger partial charge is 0.224 e. The van der Waals surface area contributed by atoms with Gasteiger partial charge in [-0.15, -0.1) is 0 Å². The monoisotopic (exact) mass is 300 g/mol. The Morgan fingerprint density at radius 2 is 1.73 bits per heavy atom. The van der Waals surface area contributed by atoms with E-state index in [2.05, 4.69) is 5.32 Å². The number of nitrogens with one attached hydrogen (secondary N) is 1. The van der Waals surface area contributed by atoms with E-state index < -0.39 is 0 Å². The number of carbonyl (C=O) groups excluding carboxylic acids is 1. The average molecular weight is 300 g/mol. The summed E-state index contributed by atoms with van der Waals surface area (Å²) in [6.45, 7) is 0. The third-order valence-electron chi connectivity index (χ3n) is 3.29. The number of methoxy groups -OCH3 is 2. The molecule has 0 bridgehead atoms. The van der Waals surface area contributed by atoms with E-state index in [0.717, 1.165) is 11.3 Å². The molecule has 0 spiro atoms. The van der Waals surface area contributed by atoms with Gasteiger partial charge in [0.25, 0.3) is 0 Å². The van der Waals surface area contributed by atoms with Crippen molar-refractivity contribution in [3.05, 3.63) is 48.0 Å². The van der Waals surface area contributed by atoms with Gasteiger partial charge in [-0.1, -0.05) is 12.1 Å². The molecule has 0 aliphatic rings. The maximum Gasteiger partial charge on any atom is 0.224 e. The molecular formula is C17H20N2O3. The zero-order chi connectivity index (χ0) is 15.9. The standard InChI is InChI=1S/C17H20N2O3/c1-21-15-9-8-14(11-16(15)22-2)19-17(20)10-5-12-3-6-13(18)7-4-12/h3-4,6-9,11H,5,10,18H2,1-2H3,(H,19,20). The van der Waals surface area contributed by atoms with E-state index >= 15 is 0 Å². The second-order valence-electron chi connectivity index (χ2n) is 4.86. The maximum atomic E-state index is 12.0. The van der Waals surface area contributed by atoms with Gasteiger partial charge >= 0.3 is 0 Å². The van der Waals surface area contributed by atoms with Crippen molar-refractivity contribution in [3.8, 4) is 11.5 Å². The van der Waals surface area contributed by atoms with Crippen LogP contribution in [-0.4, -0.2) is 20.1 Å². The molecule has 0 aliphatic heterocycles. The summed E-state index contributed by atoms with van der Waals surface area (Å²) in [5, 5.41) is 2.85. The highest BCUT2D eigenvalue weighted by atomic mass is 16.5. The van der Waals surface area contributed by atoms with Gasteiger partial charge in [-0.2, -0.15) is 0 Å². The molecule has 0 radical (unpaired) electrons. The summed E-state index contributed by atoms with van der Waals surface area (Å²) in [6, 6.07) is 12.8. The number of hydrogen-bond acceptors (Lipinski definition) is 4. The molecule has 0 saturated carbocycles. The molecule has 0 saturated heterocycles. The van der Waals surface area contributed by atoms with Gasteiger partial charge in [0.1, 0.15) is 0 Å². The summed E-state index contributed by atoms with van der Waals surface area (Å²) >= 11 is 0. The van der Waals surface area contributed by atoms with E-state index in [1.807, 2.05) is 24.3 Å². The quantitative estimate of drug-likeness (QED) is 0.805. The second kappa shape index (κ2) is 7.36. The number of rotatable bonds is 6. The number of carbonyl (C=O) groups is 1. The zero-order valence-electron chi connectivity index (χ0n) is 12.8. The van der Waals surface area contributed by atoms with Crippen molar-refractivity contribution in [1.29, 1.82) is 0 Å². The van der Waals surface area contributed by atoms with Crippen molar-refractivity contribution >= 4 is 17.3 Å². The highest BCUT2D eigenvalue weighted by Gasteiger charge is 2.07. The van der Waals surface area contributed by atoms with Crippen LogP contribution in [-0.2, 0) is 11.2 Å². The first-order chi connectivity index (χ1) is 10.6. The number of benzene rings is 2. The molecule has 0 fully saturated rings. The fourth-order valence-electron chi connectivity index (χ4n) is 2.08. The molecule has 0 atom stereocenters. The number of aryl methyl sites for hydroxylation is 1. The van der Waals surface area contributed by atoms with Crippen LogP contribution in [0.1, 0.15) is 12.0 Å². The number of nitrogen functional groups attached to an aromatic ring is 1. The fraction of sp³-hybridized carbons (Fsp3) is 0.235. The Morgan fingerprint density at radius 3 is 2.36 bits per heavy atom. The molecule has 2 aromatic rings. The Bertz CT molecular complexity index is 639. The Labute approximate surface area is 130 Å². The van der Waals surface area contributed by atoms with Gasteiger partial charge in [0.2, 0.25) is 5.91 Å². The Morgan fingerprint density at radius 1 is 1.05 bits per heavy atom. The first-order valence-electron chi connectivity index (χ1n) is 6.98. The molecule has 0 heterocycles. The molecule has 5 nitrogen and oxygen atoms in total. The predicted octanol–water partition coefficient (Wildman–Crippen LogP) is 2.86. The van der Waals surface area contributed by atoms with Gasteiger partial charge in [0.15, 0.2) is 11.5 Å². The van der Waals surface area contributed by atoms with Gasteiger partial charge < -0.3 is 20.5 Å². The van der Waals surface area contributed by atoms with Gasteiger partial charge in [0, 0.05) is 23.9 Å². The summed E-state index contributed by atoms with van der Waals surface area (Å²) in [5.41, 5.74) is 8.12. The van der Waals surface area contributed by atoms with Crippen molar-refractivity contribution in [3.63, 3.8) is 0 Å². The van der Waals surface area contributed by atoms with Gasteiger partial charge in [-0.25, -0.2) is 0 Å². The van der Waals surface area contributed by atoms with Gasteiger partial charge in [0.05, 0.1) is 14.2 Å². The molecule has 5 heteroatoms. The van der Waals surface area contributed by atoms with Crippen LogP contribution >= 0.6 is 0 Å². The van der Waals surface area contributed by atoms with E-state index in [4.69, 9.17) is 15.2 Å². The lowest BCUT2D eigenvalue weighted by Crippen LogP contribution is -2.12. The van der Waals surface area contributed by atoms with Crippen molar-refractivity contribution in [1.82, 2.24) is 0 Å². The minimum atomic E-state index is -0.0518. The zero-order valence-corrected chi connectivity index (χ0v) is 12.8. The van der Waals surface area contributed by atoms with Crippen molar-refractivity contribution in [2.45, 2.75) is 12.8 Å². The topological polar surface area (TPSA) is 73.6 Å². The second-order valence-corrected chi connectivity index (χ2v) is 4.86. The highest BCUT2D eigenvalue weighted by Crippen LogP contribution is 2.29. The van der Waals surface area contributed by atoms with Crippen LogP contribution in [0.25, 0.3) is 0 Å². The molecule has 22 heavy (non-hydrogen) atoms. The van der Waals surface area contributed by atoms with E-state index in [1.54, 1.807) is 32.4 Å². The van der Waals surface area contributed by atoms with Crippen LogP contribution in [0, 0.1) is 0 Å². The normalized spacial score (nSPS) is 10.1. The Balaban J connectivity index is 1.93. The fourth-order valence-corrected chi connectivity index (χ4v) is 2.08.